The summed E-state index contributed by atoms with van der Waals surface area (Å²) in [5, 5.41) is 5.09. The van der Waals surface area contributed by atoms with Gasteiger partial charge in [-0.1, -0.05) is 0 Å². The van der Waals surface area contributed by atoms with Gasteiger partial charge in [0.25, 0.3) is 5.91 Å². The van der Waals surface area contributed by atoms with Gasteiger partial charge in [0.05, 0.1) is 12.1 Å². The predicted octanol–water partition coefficient (Wildman–Crippen LogP) is 3.46. The Morgan fingerprint density at radius 3 is 2.74 bits per heavy atom. The second kappa shape index (κ2) is 8.50. The van der Waals surface area contributed by atoms with E-state index in [9.17, 15) is 14.0 Å². The van der Waals surface area contributed by atoms with Crippen molar-refractivity contribution in [3.8, 4) is 10.6 Å². The fraction of sp³-hybridized carbons (Fsp3) is 0.158. The van der Waals surface area contributed by atoms with E-state index in [0.717, 1.165) is 10.6 Å². The number of hydrogen-bond acceptors (Lipinski definition) is 6. The summed E-state index contributed by atoms with van der Waals surface area (Å²) in [5.41, 5.74) is 1.86. The van der Waals surface area contributed by atoms with Gasteiger partial charge in [0.1, 0.15) is 10.8 Å². The van der Waals surface area contributed by atoms with Crippen molar-refractivity contribution in [2.75, 3.05) is 5.32 Å². The lowest BCUT2D eigenvalue weighted by Gasteiger charge is -2.13. The highest BCUT2D eigenvalue weighted by Crippen LogP contribution is 2.23. The standard InChI is InChI=1S/C19H16FN3O3S/c1-12(18(25)22-15-6-4-14(20)5-7-15)26-17(24)9-16-11-27-19(23-16)13-3-2-8-21-10-13/h2-8,10-12H,9H2,1H3,(H,22,25)/t12-/m1/s1. The van der Waals surface area contributed by atoms with Gasteiger partial charge < -0.3 is 10.1 Å². The fourth-order valence-electron chi connectivity index (χ4n) is 2.23. The van der Waals surface area contributed by atoms with Crippen molar-refractivity contribution in [2.45, 2.75) is 19.4 Å². The normalized spacial score (nSPS) is 11.6. The average Bonchev–Trinajstić information content (AvgIpc) is 3.12. The fourth-order valence-corrected chi connectivity index (χ4v) is 3.04. The zero-order chi connectivity index (χ0) is 19.2. The van der Waals surface area contributed by atoms with Gasteiger partial charge >= 0.3 is 5.97 Å². The summed E-state index contributed by atoms with van der Waals surface area (Å²) in [5.74, 6) is -1.45. The Hall–Kier alpha value is -3.13. The van der Waals surface area contributed by atoms with Crippen molar-refractivity contribution >= 4 is 28.9 Å². The van der Waals surface area contributed by atoms with Crippen molar-refractivity contribution in [3.63, 3.8) is 0 Å². The Morgan fingerprint density at radius 1 is 1.26 bits per heavy atom. The number of halogens is 1. The molecule has 2 aromatic heterocycles. The number of pyridine rings is 1. The summed E-state index contributed by atoms with van der Waals surface area (Å²) >= 11 is 1.40. The van der Waals surface area contributed by atoms with Crippen molar-refractivity contribution in [1.82, 2.24) is 9.97 Å². The molecule has 0 aliphatic rings. The van der Waals surface area contributed by atoms with Crippen molar-refractivity contribution in [1.29, 1.82) is 0 Å². The molecular weight excluding hydrogens is 369 g/mol. The smallest absolute Gasteiger partial charge is 0.312 e. The molecule has 8 heteroatoms. The highest BCUT2D eigenvalue weighted by molar-refractivity contribution is 7.13. The molecule has 3 aromatic rings. The van der Waals surface area contributed by atoms with E-state index in [1.807, 2.05) is 12.1 Å². The van der Waals surface area contributed by atoms with Crippen LogP contribution in [0.2, 0.25) is 0 Å². The Balaban J connectivity index is 1.53. The van der Waals surface area contributed by atoms with Gasteiger partial charge in [-0.25, -0.2) is 9.37 Å². The van der Waals surface area contributed by atoms with Gasteiger partial charge in [-0.15, -0.1) is 11.3 Å². The summed E-state index contributed by atoms with van der Waals surface area (Å²) in [7, 11) is 0. The van der Waals surface area contributed by atoms with Crippen LogP contribution in [0, 0.1) is 5.82 Å². The number of esters is 1. The molecule has 138 valence electrons. The topological polar surface area (TPSA) is 81.2 Å². The maximum atomic E-state index is 12.9. The quantitative estimate of drug-likeness (QED) is 0.657. The molecule has 1 atom stereocenters. The zero-order valence-electron chi connectivity index (χ0n) is 14.4. The highest BCUT2D eigenvalue weighted by Gasteiger charge is 2.19. The molecule has 0 saturated carbocycles. The minimum Gasteiger partial charge on any atom is -0.452 e. The number of anilines is 1. The third kappa shape index (κ3) is 5.18. The van der Waals surface area contributed by atoms with Crippen LogP contribution < -0.4 is 5.32 Å². The summed E-state index contributed by atoms with van der Waals surface area (Å²) in [4.78, 5) is 32.6. The third-order valence-corrected chi connectivity index (χ3v) is 4.52. The first-order chi connectivity index (χ1) is 13.0. The molecule has 0 aliphatic heterocycles. The molecule has 27 heavy (non-hydrogen) atoms. The summed E-state index contributed by atoms with van der Waals surface area (Å²) in [6.07, 6.45) is 2.35. The van der Waals surface area contributed by atoms with Crippen molar-refractivity contribution < 1.29 is 18.7 Å². The van der Waals surface area contributed by atoms with E-state index < -0.39 is 23.8 Å². The lowest BCUT2D eigenvalue weighted by molar-refractivity contribution is -0.152. The second-order valence-electron chi connectivity index (χ2n) is 5.69. The van der Waals surface area contributed by atoms with E-state index in [0.29, 0.717) is 11.4 Å². The Labute approximate surface area is 159 Å². The van der Waals surface area contributed by atoms with Gasteiger partial charge in [-0.3, -0.25) is 14.6 Å². The number of benzene rings is 1. The van der Waals surface area contributed by atoms with E-state index in [1.165, 1.54) is 42.5 Å². The number of aromatic nitrogens is 2. The van der Waals surface area contributed by atoms with Crippen LogP contribution in [0.25, 0.3) is 10.6 Å². The molecule has 0 saturated heterocycles. The number of carbonyl (C=O) groups is 2. The van der Waals surface area contributed by atoms with Crippen molar-refractivity contribution in [3.05, 3.63) is 65.7 Å². The SMILES string of the molecule is C[C@@H](OC(=O)Cc1csc(-c2cccnc2)n1)C(=O)Nc1ccc(F)cc1. The van der Waals surface area contributed by atoms with Gasteiger partial charge in [0.15, 0.2) is 6.10 Å². The van der Waals surface area contributed by atoms with Gasteiger partial charge in [-0.2, -0.15) is 0 Å². The van der Waals surface area contributed by atoms with Crippen LogP contribution in [0.3, 0.4) is 0 Å². The predicted molar refractivity (Wildman–Crippen MR) is 99.6 cm³/mol. The minimum absolute atomic E-state index is 0.0368. The van der Waals surface area contributed by atoms with Gasteiger partial charge in [-0.05, 0) is 43.3 Å². The van der Waals surface area contributed by atoms with E-state index in [-0.39, 0.29) is 6.42 Å². The largest absolute Gasteiger partial charge is 0.452 e. The lowest BCUT2D eigenvalue weighted by Crippen LogP contribution is -2.30. The number of rotatable bonds is 6. The number of amides is 1. The Kier molecular flexibility index (Phi) is 5.87. The second-order valence-corrected chi connectivity index (χ2v) is 6.55. The number of nitrogens with zero attached hydrogens (tertiary/aromatic N) is 2. The molecular formula is C19H16FN3O3S. The van der Waals surface area contributed by atoms with Crippen LogP contribution in [0.5, 0.6) is 0 Å². The highest BCUT2D eigenvalue weighted by atomic mass is 32.1. The number of nitrogens with one attached hydrogen (secondary N) is 1. The molecule has 0 spiro atoms. The lowest BCUT2D eigenvalue weighted by atomic mass is 10.3. The molecule has 1 amide bonds. The van der Waals surface area contributed by atoms with E-state index >= 15 is 0 Å². The van der Waals surface area contributed by atoms with Crippen molar-refractivity contribution in [2.24, 2.45) is 0 Å². The van der Waals surface area contributed by atoms with Crippen LogP contribution in [-0.4, -0.2) is 27.9 Å². The van der Waals surface area contributed by atoms with Crippen LogP contribution in [0.15, 0.2) is 54.2 Å². The molecule has 3 rings (SSSR count). The molecule has 1 aromatic carbocycles. The molecule has 1 N–H and O–H groups in total. The Bertz CT molecular complexity index is 929. The molecule has 0 radical (unpaired) electrons. The zero-order valence-corrected chi connectivity index (χ0v) is 15.2. The van der Waals surface area contributed by atoms with Crippen LogP contribution in [-0.2, 0) is 20.7 Å². The molecule has 6 nitrogen and oxygen atoms in total. The maximum absolute atomic E-state index is 12.9. The van der Waals surface area contributed by atoms with Crippen LogP contribution >= 0.6 is 11.3 Å². The summed E-state index contributed by atoms with van der Waals surface area (Å²) in [6.45, 7) is 1.47. The number of carbonyl (C=O) groups excluding carboxylic acids is 2. The molecule has 0 bridgehead atoms. The summed E-state index contributed by atoms with van der Waals surface area (Å²) in [6, 6.07) is 9.01. The maximum Gasteiger partial charge on any atom is 0.312 e. The van der Waals surface area contributed by atoms with Crippen LogP contribution in [0.4, 0.5) is 10.1 Å². The van der Waals surface area contributed by atoms with E-state index in [4.69, 9.17) is 4.74 Å². The first-order valence-corrected chi connectivity index (χ1v) is 9.00. The number of hydrogen-bond donors (Lipinski definition) is 1. The first kappa shape index (κ1) is 18.7. The molecule has 0 fully saturated rings. The molecule has 0 unspecified atom stereocenters. The summed E-state index contributed by atoms with van der Waals surface area (Å²) < 4.78 is 18.0. The van der Waals surface area contributed by atoms with Crippen LogP contribution in [0.1, 0.15) is 12.6 Å². The first-order valence-electron chi connectivity index (χ1n) is 8.12. The van der Waals surface area contributed by atoms with E-state index in [1.54, 1.807) is 17.8 Å². The Morgan fingerprint density at radius 2 is 2.04 bits per heavy atom. The third-order valence-electron chi connectivity index (χ3n) is 3.57. The van der Waals surface area contributed by atoms with E-state index in [2.05, 4.69) is 15.3 Å². The number of thiazole rings is 1. The van der Waals surface area contributed by atoms with Gasteiger partial charge in [0.2, 0.25) is 0 Å². The molecule has 2 heterocycles. The number of ether oxygens (including phenoxy) is 1. The molecule has 0 aliphatic carbocycles. The minimum atomic E-state index is -0.987. The van der Waals surface area contributed by atoms with Gasteiger partial charge in [0, 0.05) is 29.0 Å². The average molecular weight is 385 g/mol. The monoisotopic (exact) mass is 385 g/mol.